The quantitative estimate of drug-likeness (QED) is 0.464. The second kappa shape index (κ2) is 7.61. The standard InChI is InChI=1S/C17H16ClNO3/c1-12-6-5-8-14(10-12)22-11-13-7-3-4-9-15(13)16(17(18)20)19-21-2/h3-10H,11H2,1-2H3. The first-order valence-corrected chi connectivity index (χ1v) is 7.08. The second-order valence-electron chi connectivity index (χ2n) is 4.66. The molecule has 0 radical (unpaired) electrons. The number of ether oxygens (including phenoxy) is 1. The number of benzene rings is 2. The van der Waals surface area contributed by atoms with Crippen molar-refractivity contribution in [2.24, 2.45) is 5.16 Å². The second-order valence-corrected chi connectivity index (χ2v) is 5.00. The van der Waals surface area contributed by atoms with E-state index in [1.807, 2.05) is 43.3 Å². The highest BCUT2D eigenvalue weighted by molar-refractivity contribution is 6.84. The highest BCUT2D eigenvalue weighted by atomic mass is 35.5. The Morgan fingerprint density at radius 1 is 1.18 bits per heavy atom. The highest BCUT2D eigenvalue weighted by Gasteiger charge is 2.16. The van der Waals surface area contributed by atoms with Gasteiger partial charge >= 0.3 is 0 Å². The fourth-order valence-electron chi connectivity index (χ4n) is 2.03. The van der Waals surface area contributed by atoms with E-state index >= 15 is 0 Å². The zero-order valence-electron chi connectivity index (χ0n) is 12.4. The van der Waals surface area contributed by atoms with Crippen LogP contribution in [0, 0.1) is 6.92 Å². The number of aryl methyl sites for hydroxylation is 1. The normalized spacial score (nSPS) is 11.1. The summed E-state index contributed by atoms with van der Waals surface area (Å²) in [7, 11) is 1.37. The predicted octanol–water partition coefficient (Wildman–Crippen LogP) is 3.69. The van der Waals surface area contributed by atoms with E-state index in [4.69, 9.17) is 21.2 Å². The summed E-state index contributed by atoms with van der Waals surface area (Å²) in [6.45, 7) is 2.29. The maximum absolute atomic E-state index is 11.5. The van der Waals surface area contributed by atoms with Crippen molar-refractivity contribution < 1.29 is 14.4 Å². The SMILES string of the molecule is CON=C(C(=O)Cl)c1ccccc1COc1cccc(C)c1. The van der Waals surface area contributed by atoms with E-state index in [1.54, 1.807) is 12.1 Å². The molecule has 2 aromatic rings. The highest BCUT2D eigenvalue weighted by Crippen LogP contribution is 2.18. The molecule has 0 spiro atoms. The third-order valence-corrected chi connectivity index (χ3v) is 3.20. The first kappa shape index (κ1) is 16.0. The summed E-state index contributed by atoms with van der Waals surface area (Å²) in [5.74, 6) is 0.761. The minimum Gasteiger partial charge on any atom is -0.489 e. The zero-order chi connectivity index (χ0) is 15.9. The lowest BCUT2D eigenvalue weighted by molar-refractivity contribution is -0.106. The van der Waals surface area contributed by atoms with Crippen LogP contribution in [0.5, 0.6) is 5.75 Å². The summed E-state index contributed by atoms with van der Waals surface area (Å²) >= 11 is 5.58. The van der Waals surface area contributed by atoms with Crippen LogP contribution in [0.4, 0.5) is 0 Å². The van der Waals surface area contributed by atoms with Crippen LogP contribution in [-0.2, 0) is 16.2 Å². The molecule has 114 valence electrons. The van der Waals surface area contributed by atoms with E-state index in [1.165, 1.54) is 7.11 Å². The molecule has 0 aliphatic heterocycles. The molecule has 0 aromatic heterocycles. The molecule has 0 bridgehead atoms. The Morgan fingerprint density at radius 3 is 2.64 bits per heavy atom. The van der Waals surface area contributed by atoms with Crippen molar-refractivity contribution in [3.05, 3.63) is 65.2 Å². The van der Waals surface area contributed by atoms with Gasteiger partial charge in [0.2, 0.25) is 0 Å². The molecule has 0 fully saturated rings. The fraction of sp³-hybridized carbons (Fsp3) is 0.176. The number of carbonyl (C=O) groups is 1. The van der Waals surface area contributed by atoms with Gasteiger partial charge in [-0.15, -0.1) is 0 Å². The molecule has 0 atom stereocenters. The molecule has 5 heteroatoms. The Balaban J connectivity index is 2.25. The Morgan fingerprint density at radius 2 is 1.95 bits per heavy atom. The van der Waals surface area contributed by atoms with Crippen LogP contribution in [0.3, 0.4) is 0 Å². The van der Waals surface area contributed by atoms with E-state index < -0.39 is 5.24 Å². The molecule has 0 amide bonds. The van der Waals surface area contributed by atoms with Crippen LogP contribution >= 0.6 is 11.6 Å². The number of rotatable bonds is 6. The van der Waals surface area contributed by atoms with Crippen LogP contribution in [0.25, 0.3) is 0 Å². The summed E-state index contributed by atoms with van der Waals surface area (Å²) in [6, 6.07) is 15.0. The molecule has 0 saturated heterocycles. The van der Waals surface area contributed by atoms with E-state index in [9.17, 15) is 4.79 Å². The molecule has 0 unspecified atom stereocenters. The van der Waals surface area contributed by atoms with Crippen molar-refractivity contribution in [3.8, 4) is 5.75 Å². The van der Waals surface area contributed by atoms with Crippen LogP contribution in [0.1, 0.15) is 16.7 Å². The van der Waals surface area contributed by atoms with Crippen LogP contribution in [0.15, 0.2) is 53.7 Å². The maximum Gasteiger partial charge on any atom is 0.274 e. The summed E-state index contributed by atoms with van der Waals surface area (Å²) < 4.78 is 5.77. The van der Waals surface area contributed by atoms with Gasteiger partial charge in [0.1, 0.15) is 19.5 Å². The van der Waals surface area contributed by atoms with Gasteiger partial charge in [0.25, 0.3) is 5.24 Å². The van der Waals surface area contributed by atoms with Crippen LogP contribution in [-0.4, -0.2) is 18.1 Å². The Hall–Kier alpha value is -2.33. The van der Waals surface area contributed by atoms with Gasteiger partial charge in [-0.2, -0.15) is 0 Å². The Labute approximate surface area is 134 Å². The lowest BCUT2D eigenvalue weighted by Crippen LogP contribution is -2.14. The average Bonchev–Trinajstić information content (AvgIpc) is 2.51. The third-order valence-electron chi connectivity index (χ3n) is 3.03. The number of carbonyl (C=O) groups excluding carboxylic acids is 1. The largest absolute Gasteiger partial charge is 0.489 e. The summed E-state index contributed by atoms with van der Waals surface area (Å²) in [6.07, 6.45) is 0. The molecule has 2 aromatic carbocycles. The topological polar surface area (TPSA) is 47.9 Å². The number of oxime groups is 1. The van der Waals surface area contributed by atoms with Gasteiger partial charge in [0.05, 0.1) is 0 Å². The number of halogens is 1. The van der Waals surface area contributed by atoms with Crippen molar-refractivity contribution in [2.75, 3.05) is 7.11 Å². The average molecular weight is 318 g/mol. The third kappa shape index (κ3) is 4.09. The lowest BCUT2D eigenvalue weighted by atomic mass is 10.0. The smallest absolute Gasteiger partial charge is 0.274 e. The number of nitrogens with zero attached hydrogens (tertiary/aromatic N) is 1. The van der Waals surface area contributed by atoms with Gasteiger partial charge < -0.3 is 9.57 Å². The molecule has 0 aliphatic carbocycles. The summed E-state index contributed by atoms with van der Waals surface area (Å²) in [5.41, 5.74) is 2.57. The van der Waals surface area contributed by atoms with Gasteiger partial charge in [-0.3, -0.25) is 4.79 Å². The molecule has 0 heterocycles. The van der Waals surface area contributed by atoms with Crippen molar-refractivity contribution in [1.82, 2.24) is 0 Å². The molecular formula is C17H16ClNO3. The first-order valence-electron chi connectivity index (χ1n) is 6.70. The monoisotopic (exact) mass is 317 g/mol. The fourth-order valence-corrected chi connectivity index (χ4v) is 2.16. The molecule has 0 N–H and O–H groups in total. The predicted molar refractivity (Wildman–Crippen MR) is 86.4 cm³/mol. The van der Waals surface area contributed by atoms with Crippen molar-refractivity contribution in [1.29, 1.82) is 0 Å². The van der Waals surface area contributed by atoms with E-state index in [-0.39, 0.29) is 5.71 Å². The summed E-state index contributed by atoms with van der Waals surface area (Å²) in [5, 5.41) is 3.03. The van der Waals surface area contributed by atoms with Crippen LogP contribution < -0.4 is 4.74 Å². The lowest BCUT2D eigenvalue weighted by Gasteiger charge is -2.11. The van der Waals surface area contributed by atoms with E-state index in [2.05, 4.69) is 5.16 Å². The zero-order valence-corrected chi connectivity index (χ0v) is 13.1. The molecule has 2 rings (SSSR count). The molecule has 0 aliphatic rings. The Bertz CT molecular complexity index is 698. The molecule has 4 nitrogen and oxygen atoms in total. The molecular weight excluding hydrogens is 302 g/mol. The van der Waals surface area contributed by atoms with Gasteiger partial charge in [-0.1, -0.05) is 41.6 Å². The van der Waals surface area contributed by atoms with E-state index in [0.717, 1.165) is 16.9 Å². The molecule has 0 saturated carbocycles. The van der Waals surface area contributed by atoms with Gasteiger partial charge in [0.15, 0.2) is 5.71 Å². The Kier molecular flexibility index (Phi) is 5.55. The first-order chi connectivity index (χ1) is 10.6. The van der Waals surface area contributed by atoms with Gasteiger partial charge in [-0.05, 0) is 41.8 Å². The minimum absolute atomic E-state index is 0.0626. The molecule has 22 heavy (non-hydrogen) atoms. The van der Waals surface area contributed by atoms with Crippen molar-refractivity contribution in [3.63, 3.8) is 0 Å². The van der Waals surface area contributed by atoms with Crippen molar-refractivity contribution in [2.45, 2.75) is 13.5 Å². The number of hydrogen-bond donors (Lipinski definition) is 0. The van der Waals surface area contributed by atoms with Crippen molar-refractivity contribution >= 4 is 22.6 Å². The van der Waals surface area contributed by atoms with Crippen LogP contribution in [0.2, 0.25) is 0 Å². The number of hydrogen-bond acceptors (Lipinski definition) is 4. The van der Waals surface area contributed by atoms with Gasteiger partial charge in [-0.25, -0.2) is 0 Å². The summed E-state index contributed by atoms with van der Waals surface area (Å²) in [4.78, 5) is 16.2. The minimum atomic E-state index is -0.676. The van der Waals surface area contributed by atoms with Gasteiger partial charge in [0, 0.05) is 5.56 Å². The maximum atomic E-state index is 11.5. The van der Waals surface area contributed by atoms with E-state index in [0.29, 0.717) is 12.2 Å².